The van der Waals surface area contributed by atoms with Gasteiger partial charge in [0.25, 0.3) is 0 Å². The Labute approximate surface area is 165 Å². The van der Waals surface area contributed by atoms with Crippen molar-refractivity contribution in [2.24, 2.45) is 0 Å². The summed E-state index contributed by atoms with van der Waals surface area (Å²) in [5, 5.41) is 8.55. The lowest BCUT2D eigenvalue weighted by atomic mass is 10.1. The van der Waals surface area contributed by atoms with Crippen LogP contribution in [0.2, 0.25) is 0 Å². The highest BCUT2D eigenvalue weighted by molar-refractivity contribution is 5.53. The molecule has 0 aliphatic carbocycles. The topological polar surface area (TPSA) is 54.6 Å². The molecule has 1 aromatic heterocycles. The minimum atomic E-state index is 0.0964. The van der Waals surface area contributed by atoms with Crippen molar-refractivity contribution in [3.8, 4) is 17.2 Å². The maximum absolute atomic E-state index is 5.97. The molecule has 1 aliphatic heterocycles. The Morgan fingerprint density at radius 1 is 1.00 bits per heavy atom. The van der Waals surface area contributed by atoms with Crippen LogP contribution < -0.4 is 9.64 Å². The molecule has 1 aliphatic rings. The van der Waals surface area contributed by atoms with Crippen molar-refractivity contribution in [1.82, 2.24) is 15.1 Å². The predicted molar refractivity (Wildman–Crippen MR) is 110 cm³/mol. The number of nitrogens with zero attached hydrogens (tertiary/aromatic N) is 4. The van der Waals surface area contributed by atoms with E-state index in [9.17, 15) is 0 Å². The summed E-state index contributed by atoms with van der Waals surface area (Å²) in [7, 11) is 1.70. The van der Waals surface area contributed by atoms with Gasteiger partial charge in [0.2, 0.25) is 11.8 Å². The van der Waals surface area contributed by atoms with Gasteiger partial charge in [0.15, 0.2) is 0 Å². The highest BCUT2D eigenvalue weighted by atomic mass is 16.5. The smallest absolute Gasteiger partial charge is 0.247 e. The second-order valence-electron chi connectivity index (χ2n) is 7.21. The van der Waals surface area contributed by atoms with Crippen LogP contribution in [0.15, 0.2) is 52.9 Å². The first-order valence-electron chi connectivity index (χ1n) is 9.67. The molecule has 0 saturated carbocycles. The van der Waals surface area contributed by atoms with E-state index < -0.39 is 0 Å². The molecule has 1 fully saturated rings. The Hall–Kier alpha value is -2.86. The molecular weight excluding hydrogens is 352 g/mol. The summed E-state index contributed by atoms with van der Waals surface area (Å²) in [4.78, 5) is 4.78. The first-order valence-corrected chi connectivity index (χ1v) is 9.67. The van der Waals surface area contributed by atoms with Crippen LogP contribution >= 0.6 is 0 Å². The fraction of sp³-hybridized carbons (Fsp3) is 0.364. The van der Waals surface area contributed by atoms with Gasteiger partial charge in [0.1, 0.15) is 5.75 Å². The number of methoxy groups -OCH3 is 1. The van der Waals surface area contributed by atoms with Crippen LogP contribution in [-0.4, -0.2) is 48.4 Å². The number of aryl methyl sites for hydroxylation is 1. The summed E-state index contributed by atoms with van der Waals surface area (Å²) in [6.07, 6.45) is 0. The molecule has 3 aromatic rings. The maximum atomic E-state index is 5.97. The average molecular weight is 378 g/mol. The molecule has 1 atom stereocenters. The Morgan fingerprint density at radius 2 is 1.75 bits per heavy atom. The van der Waals surface area contributed by atoms with Crippen molar-refractivity contribution in [2.45, 2.75) is 19.9 Å². The second-order valence-corrected chi connectivity index (χ2v) is 7.21. The Morgan fingerprint density at radius 3 is 2.46 bits per heavy atom. The Bertz CT molecular complexity index is 914. The van der Waals surface area contributed by atoms with Crippen LogP contribution in [0.3, 0.4) is 0 Å². The molecule has 1 saturated heterocycles. The molecule has 146 valence electrons. The number of benzene rings is 2. The molecule has 0 bridgehead atoms. The van der Waals surface area contributed by atoms with Gasteiger partial charge in [-0.25, -0.2) is 0 Å². The summed E-state index contributed by atoms with van der Waals surface area (Å²) < 4.78 is 11.3. The lowest BCUT2D eigenvalue weighted by Gasteiger charge is -2.38. The van der Waals surface area contributed by atoms with Crippen molar-refractivity contribution in [3.05, 3.63) is 60.0 Å². The van der Waals surface area contributed by atoms with E-state index >= 15 is 0 Å². The molecule has 6 heteroatoms. The first kappa shape index (κ1) is 18.5. The summed E-state index contributed by atoms with van der Waals surface area (Å²) in [6, 6.07) is 16.5. The molecule has 0 radical (unpaired) electrons. The fourth-order valence-corrected chi connectivity index (χ4v) is 3.55. The summed E-state index contributed by atoms with van der Waals surface area (Å²) in [6.45, 7) is 8.00. The van der Waals surface area contributed by atoms with Crippen LogP contribution in [0, 0.1) is 6.92 Å². The zero-order valence-corrected chi connectivity index (χ0v) is 16.6. The molecule has 2 aromatic carbocycles. The number of rotatable bonds is 5. The van der Waals surface area contributed by atoms with Gasteiger partial charge in [-0.3, -0.25) is 4.90 Å². The Balaban J connectivity index is 1.40. The number of hydrogen-bond donors (Lipinski definition) is 0. The lowest BCUT2D eigenvalue weighted by Crippen LogP contribution is -2.47. The first-order chi connectivity index (χ1) is 13.6. The van der Waals surface area contributed by atoms with Crippen molar-refractivity contribution in [2.75, 3.05) is 38.2 Å². The van der Waals surface area contributed by atoms with Gasteiger partial charge in [-0.15, -0.1) is 10.2 Å². The minimum absolute atomic E-state index is 0.0964. The van der Waals surface area contributed by atoms with E-state index in [0.717, 1.165) is 37.5 Å². The van der Waals surface area contributed by atoms with Crippen LogP contribution in [-0.2, 0) is 0 Å². The van der Waals surface area contributed by atoms with Crippen molar-refractivity contribution in [3.63, 3.8) is 0 Å². The van der Waals surface area contributed by atoms with Gasteiger partial charge in [0.05, 0.1) is 13.2 Å². The minimum Gasteiger partial charge on any atom is -0.497 e. The predicted octanol–water partition coefficient (Wildman–Crippen LogP) is 3.94. The molecule has 4 rings (SSSR count). The van der Waals surface area contributed by atoms with Crippen molar-refractivity contribution >= 4 is 5.69 Å². The maximum Gasteiger partial charge on any atom is 0.247 e. The molecular formula is C22H26N4O2. The second kappa shape index (κ2) is 8.02. The SMILES string of the molecule is COc1cccc(N2CCN(C(C)c3nnc(-c4ccc(C)cc4)o3)CC2)c1. The van der Waals surface area contributed by atoms with Crippen LogP contribution in [0.5, 0.6) is 5.75 Å². The summed E-state index contributed by atoms with van der Waals surface area (Å²) in [5.41, 5.74) is 3.37. The molecule has 2 heterocycles. The average Bonchev–Trinajstić information content (AvgIpc) is 3.24. The molecule has 0 N–H and O–H groups in total. The molecule has 28 heavy (non-hydrogen) atoms. The largest absolute Gasteiger partial charge is 0.497 e. The number of hydrogen-bond acceptors (Lipinski definition) is 6. The third-order valence-electron chi connectivity index (χ3n) is 5.38. The quantitative estimate of drug-likeness (QED) is 0.670. The zero-order valence-electron chi connectivity index (χ0n) is 16.6. The molecule has 6 nitrogen and oxygen atoms in total. The molecule has 0 spiro atoms. The number of aromatic nitrogens is 2. The van der Waals surface area contributed by atoms with Crippen molar-refractivity contribution in [1.29, 1.82) is 0 Å². The third kappa shape index (κ3) is 3.87. The van der Waals surface area contributed by atoms with Crippen molar-refractivity contribution < 1.29 is 9.15 Å². The Kier molecular flexibility index (Phi) is 5.30. The number of piperazine rings is 1. The van der Waals surface area contributed by atoms with Crippen LogP contribution in [0.1, 0.15) is 24.4 Å². The fourth-order valence-electron chi connectivity index (χ4n) is 3.55. The van der Waals surface area contributed by atoms with E-state index in [1.807, 2.05) is 24.3 Å². The van der Waals surface area contributed by atoms with Gasteiger partial charge in [-0.2, -0.15) is 0 Å². The van der Waals surface area contributed by atoms with E-state index in [0.29, 0.717) is 11.8 Å². The number of ether oxygens (including phenoxy) is 1. The highest BCUT2D eigenvalue weighted by Crippen LogP contribution is 2.27. The van der Waals surface area contributed by atoms with E-state index in [4.69, 9.17) is 9.15 Å². The van der Waals surface area contributed by atoms with E-state index in [1.165, 1.54) is 11.3 Å². The van der Waals surface area contributed by atoms with Gasteiger partial charge in [-0.1, -0.05) is 23.8 Å². The van der Waals surface area contributed by atoms with E-state index in [1.54, 1.807) is 7.11 Å². The normalized spacial score (nSPS) is 16.2. The lowest BCUT2D eigenvalue weighted by molar-refractivity contribution is 0.173. The molecule has 0 amide bonds. The van der Waals surface area contributed by atoms with E-state index in [-0.39, 0.29) is 6.04 Å². The van der Waals surface area contributed by atoms with Gasteiger partial charge >= 0.3 is 0 Å². The molecule has 1 unspecified atom stereocenters. The highest BCUT2D eigenvalue weighted by Gasteiger charge is 2.26. The van der Waals surface area contributed by atoms with Gasteiger partial charge < -0.3 is 14.1 Å². The monoisotopic (exact) mass is 378 g/mol. The number of anilines is 1. The van der Waals surface area contributed by atoms with Gasteiger partial charge in [-0.05, 0) is 38.1 Å². The summed E-state index contributed by atoms with van der Waals surface area (Å²) >= 11 is 0. The zero-order chi connectivity index (χ0) is 19.5. The summed E-state index contributed by atoms with van der Waals surface area (Å²) in [5.74, 6) is 2.14. The third-order valence-corrected chi connectivity index (χ3v) is 5.38. The van der Waals surface area contributed by atoms with E-state index in [2.05, 4.69) is 58.1 Å². The van der Waals surface area contributed by atoms with Crippen LogP contribution in [0.25, 0.3) is 11.5 Å². The van der Waals surface area contributed by atoms with Crippen LogP contribution in [0.4, 0.5) is 5.69 Å². The standard InChI is InChI=1S/C22H26N4O2/c1-16-7-9-18(10-8-16)22-24-23-21(28-22)17(2)25-11-13-26(14-12-25)19-5-4-6-20(15-19)27-3/h4-10,15,17H,11-14H2,1-3H3. The van der Waals surface area contributed by atoms with Gasteiger partial charge in [0, 0.05) is 43.5 Å².